The van der Waals surface area contributed by atoms with Gasteiger partial charge in [0.05, 0.1) is 12.8 Å². The van der Waals surface area contributed by atoms with Crippen molar-refractivity contribution in [1.82, 2.24) is 9.97 Å². The molecule has 7 nitrogen and oxygen atoms in total. The van der Waals surface area contributed by atoms with Gasteiger partial charge in [-0.15, -0.1) is 0 Å². The SMILES string of the molecule is COC(=O)c1[nH]c(C)cc1NS(=O)(=O)c1cnc(Cl)c(C)c1. The lowest BCUT2D eigenvalue weighted by atomic mass is 10.3. The van der Waals surface area contributed by atoms with Gasteiger partial charge in [-0.3, -0.25) is 4.72 Å². The van der Waals surface area contributed by atoms with Gasteiger partial charge in [0, 0.05) is 11.9 Å². The molecule has 0 bridgehead atoms. The Balaban J connectivity index is 2.41. The maximum Gasteiger partial charge on any atom is 0.356 e. The van der Waals surface area contributed by atoms with E-state index in [0.717, 1.165) is 6.20 Å². The number of ether oxygens (including phenoxy) is 1. The summed E-state index contributed by atoms with van der Waals surface area (Å²) in [6, 6.07) is 2.90. The number of nitrogens with zero attached hydrogens (tertiary/aromatic N) is 1. The number of esters is 1. The van der Waals surface area contributed by atoms with Crippen molar-refractivity contribution in [2.45, 2.75) is 18.7 Å². The van der Waals surface area contributed by atoms with E-state index in [1.54, 1.807) is 13.8 Å². The Hall–Kier alpha value is -2.06. The predicted molar refractivity (Wildman–Crippen MR) is 81.7 cm³/mol. The topological polar surface area (TPSA) is 101 Å². The molecule has 2 aromatic rings. The van der Waals surface area contributed by atoms with Crippen LogP contribution in [0.15, 0.2) is 23.2 Å². The number of carbonyl (C=O) groups is 1. The van der Waals surface area contributed by atoms with Crippen molar-refractivity contribution in [2.75, 3.05) is 11.8 Å². The highest BCUT2D eigenvalue weighted by molar-refractivity contribution is 7.92. The van der Waals surface area contributed by atoms with Gasteiger partial charge in [0.2, 0.25) is 0 Å². The van der Waals surface area contributed by atoms with Crippen LogP contribution in [0.4, 0.5) is 5.69 Å². The van der Waals surface area contributed by atoms with E-state index in [2.05, 4.69) is 19.4 Å². The number of hydrogen-bond donors (Lipinski definition) is 2. The van der Waals surface area contributed by atoms with Crippen LogP contribution in [0.25, 0.3) is 0 Å². The van der Waals surface area contributed by atoms with Crippen LogP contribution in [0, 0.1) is 13.8 Å². The first-order valence-electron chi connectivity index (χ1n) is 6.17. The van der Waals surface area contributed by atoms with E-state index >= 15 is 0 Å². The number of aromatic nitrogens is 2. The molecule has 0 saturated carbocycles. The minimum absolute atomic E-state index is 0.0298. The standard InChI is InChI=1S/C13H14ClN3O4S/c1-7-4-9(6-15-12(7)14)22(19,20)17-10-5-8(2)16-11(10)13(18)21-3/h4-6,16-17H,1-3H3. The fourth-order valence-electron chi connectivity index (χ4n) is 1.82. The molecule has 0 aromatic carbocycles. The molecule has 2 rings (SSSR count). The first-order valence-corrected chi connectivity index (χ1v) is 8.03. The van der Waals surface area contributed by atoms with Crippen LogP contribution < -0.4 is 4.72 Å². The predicted octanol–water partition coefficient (Wildman–Crippen LogP) is 2.27. The molecule has 2 aromatic heterocycles. The van der Waals surface area contributed by atoms with Crippen LogP contribution >= 0.6 is 11.6 Å². The van der Waals surface area contributed by atoms with Gasteiger partial charge in [-0.1, -0.05) is 11.6 Å². The number of hydrogen-bond acceptors (Lipinski definition) is 5. The van der Waals surface area contributed by atoms with Gasteiger partial charge in [-0.05, 0) is 31.5 Å². The third-order valence-corrected chi connectivity index (χ3v) is 4.61. The van der Waals surface area contributed by atoms with Gasteiger partial charge in [0.15, 0.2) is 0 Å². The number of H-pyrrole nitrogens is 1. The summed E-state index contributed by atoms with van der Waals surface area (Å²) in [4.78, 5) is 18.2. The summed E-state index contributed by atoms with van der Waals surface area (Å²) in [5.41, 5.74) is 1.28. The average Bonchev–Trinajstić information content (AvgIpc) is 2.80. The Morgan fingerprint density at radius 2 is 2.05 bits per heavy atom. The Morgan fingerprint density at radius 1 is 1.36 bits per heavy atom. The number of rotatable bonds is 4. The molecule has 2 heterocycles. The van der Waals surface area contributed by atoms with E-state index in [4.69, 9.17) is 11.6 Å². The summed E-state index contributed by atoms with van der Waals surface area (Å²) in [5.74, 6) is -0.670. The van der Waals surface area contributed by atoms with E-state index < -0.39 is 16.0 Å². The first kappa shape index (κ1) is 16.3. The summed E-state index contributed by atoms with van der Waals surface area (Å²) in [6.45, 7) is 3.34. The zero-order valence-electron chi connectivity index (χ0n) is 12.1. The zero-order chi connectivity index (χ0) is 16.5. The van der Waals surface area contributed by atoms with Crippen molar-refractivity contribution in [3.63, 3.8) is 0 Å². The van der Waals surface area contributed by atoms with Crippen molar-refractivity contribution >= 4 is 33.3 Å². The van der Waals surface area contributed by atoms with Crippen LogP contribution in [0.2, 0.25) is 5.15 Å². The van der Waals surface area contributed by atoms with E-state index in [0.29, 0.717) is 11.3 Å². The second kappa shape index (κ2) is 5.98. The summed E-state index contributed by atoms with van der Waals surface area (Å²) in [7, 11) is -2.69. The summed E-state index contributed by atoms with van der Waals surface area (Å²) < 4.78 is 31.7. The van der Waals surface area contributed by atoms with E-state index in [1.807, 2.05) is 0 Å². The minimum atomic E-state index is -3.90. The summed E-state index contributed by atoms with van der Waals surface area (Å²) in [6.07, 6.45) is 1.15. The van der Waals surface area contributed by atoms with Gasteiger partial charge in [-0.2, -0.15) is 0 Å². The number of aryl methyl sites for hydroxylation is 2. The highest BCUT2D eigenvalue weighted by Gasteiger charge is 2.22. The number of aromatic amines is 1. The van der Waals surface area contributed by atoms with Crippen LogP contribution in [0.5, 0.6) is 0 Å². The average molecular weight is 344 g/mol. The third-order valence-electron chi connectivity index (χ3n) is 2.89. The highest BCUT2D eigenvalue weighted by Crippen LogP contribution is 2.23. The molecular weight excluding hydrogens is 330 g/mol. The smallest absolute Gasteiger partial charge is 0.356 e. The van der Waals surface area contributed by atoms with Crippen LogP contribution in [0.3, 0.4) is 0 Å². The van der Waals surface area contributed by atoms with Crippen molar-refractivity contribution in [3.05, 3.63) is 40.4 Å². The van der Waals surface area contributed by atoms with Crippen LogP contribution in [-0.2, 0) is 14.8 Å². The zero-order valence-corrected chi connectivity index (χ0v) is 13.7. The lowest BCUT2D eigenvalue weighted by Gasteiger charge is -2.09. The maximum absolute atomic E-state index is 12.4. The Bertz CT molecular complexity index is 830. The van der Waals surface area contributed by atoms with Gasteiger partial charge < -0.3 is 9.72 Å². The number of methoxy groups -OCH3 is 1. The molecule has 0 radical (unpaired) electrons. The molecule has 0 saturated heterocycles. The molecule has 0 aliphatic heterocycles. The number of carbonyl (C=O) groups excluding carboxylic acids is 1. The fraction of sp³-hybridized carbons (Fsp3) is 0.231. The number of nitrogens with one attached hydrogen (secondary N) is 2. The summed E-state index contributed by atoms with van der Waals surface area (Å²) in [5, 5.41) is 0.228. The maximum atomic E-state index is 12.4. The number of sulfonamides is 1. The molecule has 0 atom stereocenters. The summed E-state index contributed by atoms with van der Waals surface area (Å²) >= 11 is 5.79. The fourth-order valence-corrected chi connectivity index (χ4v) is 3.01. The van der Waals surface area contributed by atoms with Crippen molar-refractivity contribution in [2.24, 2.45) is 0 Å². The van der Waals surface area contributed by atoms with Crippen molar-refractivity contribution in [3.8, 4) is 0 Å². The second-order valence-corrected chi connectivity index (χ2v) is 6.66. The van der Waals surface area contributed by atoms with Gasteiger partial charge in [-0.25, -0.2) is 18.2 Å². The number of pyridine rings is 1. The molecule has 0 amide bonds. The van der Waals surface area contributed by atoms with E-state index in [1.165, 1.54) is 19.2 Å². The largest absolute Gasteiger partial charge is 0.464 e. The second-order valence-electron chi connectivity index (χ2n) is 4.62. The lowest BCUT2D eigenvalue weighted by molar-refractivity contribution is 0.0596. The Kier molecular flexibility index (Phi) is 4.43. The van der Waals surface area contributed by atoms with Gasteiger partial charge in [0.25, 0.3) is 10.0 Å². The quantitative estimate of drug-likeness (QED) is 0.655. The van der Waals surface area contributed by atoms with E-state index in [-0.39, 0.29) is 21.4 Å². The molecule has 0 aliphatic rings. The Labute approximate surface area is 132 Å². The molecule has 0 fully saturated rings. The molecule has 2 N–H and O–H groups in total. The first-order chi connectivity index (χ1) is 10.2. The van der Waals surface area contributed by atoms with Crippen molar-refractivity contribution < 1.29 is 17.9 Å². The van der Waals surface area contributed by atoms with E-state index in [9.17, 15) is 13.2 Å². The van der Waals surface area contributed by atoms with Crippen molar-refractivity contribution in [1.29, 1.82) is 0 Å². The molecule has 0 aliphatic carbocycles. The molecular formula is C13H14ClN3O4S. The number of halogens is 1. The normalized spacial score (nSPS) is 11.3. The monoisotopic (exact) mass is 343 g/mol. The lowest BCUT2D eigenvalue weighted by Crippen LogP contribution is -2.16. The van der Waals surface area contributed by atoms with Crippen LogP contribution in [0.1, 0.15) is 21.7 Å². The third kappa shape index (κ3) is 3.23. The van der Waals surface area contributed by atoms with Gasteiger partial charge >= 0.3 is 5.97 Å². The molecule has 9 heteroatoms. The van der Waals surface area contributed by atoms with Gasteiger partial charge in [0.1, 0.15) is 15.7 Å². The molecule has 0 unspecified atom stereocenters. The molecule has 0 spiro atoms. The Morgan fingerprint density at radius 3 is 2.64 bits per heavy atom. The number of anilines is 1. The molecule has 22 heavy (non-hydrogen) atoms. The van der Waals surface area contributed by atoms with Crippen LogP contribution in [-0.4, -0.2) is 31.5 Å². The highest BCUT2D eigenvalue weighted by atomic mass is 35.5. The minimum Gasteiger partial charge on any atom is -0.464 e. The molecule has 118 valence electrons.